The summed E-state index contributed by atoms with van der Waals surface area (Å²) in [6.07, 6.45) is 5.74. The van der Waals surface area contributed by atoms with E-state index in [2.05, 4.69) is 17.2 Å². The molecule has 0 saturated carbocycles. The lowest BCUT2D eigenvalue weighted by molar-refractivity contribution is 0.638. The first kappa shape index (κ1) is 9.99. The Balaban J connectivity index is 2.37. The van der Waals surface area contributed by atoms with Crippen LogP contribution in [0.5, 0.6) is 0 Å². The standard InChI is InChI=1S/C10H16N2O/c1-2-3-5-11-7-9-8-12-6-4-10(9)13/h4,6,8,11H,2-3,5,7H2,1H3,(H,12,13). The zero-order chi connectivity index (χ0) is 9.52. The Kier molecular flexibility index (Phi) is 4.26. The lowest BCUT2D eigenvalue weighted by Crippen LogP contribution is -2.19. The molecule has 0 aliphatic rings. The second-order valence-corrected chi connectivity index (χ2v) is 3.06. The van der Waals surface area contributed by atoms with Crippen LogP contribution in [0.1, 0.15) is 25.3 Å². The van der Waals surface area contributed by atoms with Gasteiger partial charge in [-0.15, -0.1) is 0 Å². The van der Waals surface area contributed by atoms with E-state index >= 15 is 0 Å². The molecule has 72 valence electrons. The summed E-state index contributed by atoms with van der Waals surface area (Å²) in [5.41, 5.74) is 0.904. The van der Waals surface area contributed by atoms with Crippen molar-refractivity contribution in [3.63, 3.8) is 0 Å². The van der Waals surface area contributed by atoms with E-state index in [0.717, 1.165) is 18.5 Å². The molecule has 3 heteroatoms. The van der Waals surface area contributed by atoms with Gasteiger partial charge in [0, 0.05) is 30.6 Å². The van der Waals surface area contributed by atoms with Crippen LogP contribution in [-0.4, -0.2) is 11.5 Å². The van der Waals surface area contributed by atoms with E-state index in [0.29, 0.717) is 6.54 Å². The molecule has 1 heterocycles. The van der Waals surface area contributed by atoms with Crippen molar-refractivity contribution in [1.29, 1.82) is 0 Å². The molecule has 1 aromatic heterocycles. The molecule has 0 atom stereocenters. The van der Waals surface area contributed by atoms with Gasteiger partial charge in [0.05, 0.1) is 0 Å². The van der Waals surface area contributed by atoms with Crippen LogP contribution in [0.25, 0.3) is 0 Å². The number of pyridine rings is 1. The van der Waals surface area contributed by atoms with Crippen LogP contribution in [0.4, 0.5) is 0 Å². The van der Waals surface area contributed by atoms with Crippen LogP contribution in [-0.2, 0) is 6.54 Å². The molecule has 0 fully saturated rings. The topological polar surface area (TPSA) is 44.9 Å². The highest BCUT2D eigenvalue weighted by atomic mass is 16.1. The van der Waals surface area contributed by atoms with Crippen molar-refractivity contribution >= 4 is 0 Å². The first-order chi connectivity index (χ1) is 6.34. The molecule has 0 aliphatic carbocycles. The van der Waals surface area contributed by atoms with Crippen molar-refractivity contribution < 1.29 is 0 Å². The molecule has 3 nitrogen and oxygen atoms in total. The number of aromatic nitrogens is 1. The molecule has 1 aromatic rings. The molecule has 0 aromatic carbocycles. The first-order valence-electron chi connectivity index (χ1n) is 4.71. The van der Waals surface area contributed by atoms with E-state index in [1.165, 1.54) is 6.42 Å². The summed E-state index contributed by atoms with van der Waals surface area (Å²) in [7, 11) is 0. The summed E-state index contributed by atoms with van der Waals surface area (Å²) in [5, 5.41) is 3.22. The lowest BCUT2D eigenvalue weighted by Gasteiger charge is -2.01. The van der Waals surface area contributed by atoms with Crippen LogP contribution in [0.3, 0.4) is 0 Å². The number of aromatic amines is 1. The highest BCUT2D eigenvalue weighted by Gasteiger charge is 1.95. The Hall–Kier alpha value is -1.09. The van der Waals surface area contributed by atoms with Gasteiger partial charge in [0.15, 0.2) is 5.43 Å². The van der Waals surface area contributed by atoms with Gasteiger partial charge in [-0.05, 0) is 13.0 Å². The van der Waals surface area contributed by atoms with E-state index < -0.39 is 0 Å². The van der Waals surface area contributed by atoms with Gasteiger partial charge in [-0.1, -0.05) is 13.3 Å². The van der Waals surface area contributed by atoms with Gasteiger partial charge in [-0.3, -0.25) is 4.79 Å². The molecule has 1 rings (SSSR count). The molecular formula is C10H16N2O. The fourth-order valence-corrected chi connectivity index (χ4v) is 1.11. The Morgan fingerprint density at radius 1 is 1.54 bits per heavy atom. The molecular weight excluding hydrogens is 164 g/mol. The Morgan fingerprint density at radius 2 is 2.38 bits per heavy atom. The van der Waals surface area contributed by atoms with Crippen LogP contribution in [0.15, 0.2) is 23.3 Å². The fourth-order valence-electron chi connectivity index (χ4n) is 1.11. The average molecular weight is 180 g/mol. The Morgan fingerprint density at radius 3 is 3.08 bits per heavy atom. The molecule has 0 amide bonds. The van der Waals surface area contributed by atoms with Gasteiger partial charge < -0.3 is 10.3 Å². The third kappa shape index (κ3) is 3.42. The zero-order valence-corrected chi connectivity index (χ0v) is 7.97. The van der Waals surface area contributed by atoms with Crippen LogP contribution in [0, 0.1) is 0 Å². The van der Waals surface area contributed by atoms with Crippen molar-refractivity contribution in [3.05, 3.63) is 34.2 Å². The van der Waals surface area contributed by atoms with Gasteiger partial charge in [-0.25, -0.2) is 0 Å². The van der Waals surface area contributed by atoms with E-state index in [1.54, 1.807) is 18.5 Å². The lowest BCUT2D eigenvalue weighted by atomic mass is 10.2. The minimum atomic E-state index is 0.0998. The van der Waals surface area contributed by atoms with Crippen molar-refractivity contribution in [3.8, 4) is 0 Å². The third-order valence-electron chi connectivity index (χ3n) is 1.93. The van der Waals surface area contributed by atoms with Crippen LogP contribution >= 0.6 is 0 Å². The monoisotopic (exact) mass is 180 g/mol. The van der Waals surface area contributed by atoms with Crippen molar-refractivity contribution in [2.75, 3.05) is 6.54 Å². The second kappa shape index (κ2) is 5.54. The molecule has 0 aliphatic heterocycles. The summed E-state index contributed by atoms with van der Waals surface area (Å²) >= 11 is 0. The SMILES string of the molecule is CCCCNCc1c[nH]ccc1=O. The maximum atomic E-state index is 11.2. The number of nitrogens with one attached hydrogen (secondary N) is 2. The molecule has 0 radical (unpaired) electrons. The van der Waals surface area contributed by atoms with Crippen molar-refractivity contribution in [2.45, 2.75) is 26.3 Å². The predicted molar refractivity (Wildman–Crippen MR) is 53.7 cm³/mol. The predicted octanol–water partition coefficient (Wildman–Crippen LogP) is 1.26. The van der Waals surface area contributed by atoms with Gasteiger partial charge in [-0.2, -0.15) is 0 Å². The fraction of sp³-hybridized carbons (Fsp3) is 0.500. The summed E-state index contributed by atoms with van der Waals surface area (Å²) in [4.78, 5) is 14.1. The number of unbranched alkanes of at least 4 members (excludes halogenated alkanes) is 1. The van der Waals surface area contributed by atoms with E-state index in [-0.39, 0.29) is 5.43 Å². The smallest absolute Gasteiger partial charge is 0.186 e. The number of hydrogen-bond donors (Lipinski definition) is 2. The van der Waals surface area contributed by atoms with E-state index in [1.807, 2.05) is 0 Å². The normalized spacial score (nSPS) is 10.2. The average Bonchev–Trinajstić information content (AvgIpc) is 2.15. The Bertz CT molecular complexity index is 293. The highest BCUT2D eigenvalue weighted by Crippen LogP contribution is 1.88. The molecule has 0 bridgehead atoms. The van der Waals surface area contributed by atoms with Gasteiger partial charge >= 0.3 is 0 Å². The summed E-state index contributed by atoms with van der Waals surface area (Å²) in [6, 6.07) is 1.55. The van der Waals surface area contributed by atoms with Crippen molar-refractivity contribution in [1.82, 2.24) is 10.3 Å². The summed E-state index contributed by atoms with van der Waals surface area (Å²) in [6.45, 7) is 3.79. The number of H-pyrrole nitrogens is 1. The quantitative estimate of drug-likeness (QED) is 0.670. The molecule has 0 unspecified atom stereocenters. The van der Waals surface area contributed by atoms with Crippen LogP contribution < -0.4 is 10.7 Å². The summed E-state index contributed by atoms with van der Waals surface area (Å²) in [5.74, 6) is 0. The van der Waals surface area contributed by atoms with Gasteiger partial charge in [0.1, 0.15) is 0 Å². The third-order valence-corrected chi connectivity index (χ3v) is 1.93. The first-order valence-corrected chi connectivity index (χ1v) is 4.71. The van der Waals surface area contributed by atoms with Crippen LogP contribution in [0.2, 0.25) is 0 Å². The molecule has 0 spiro atoms. The number of hydrogen-bond acceptors (Lipinski definition) is 2. The summed E-state index contributed by atoms with van der Waals surface area (Å²) < 4.78 is 0. The van der Waals surface area contributed by atoms with Gasteiger partial charge in [0.2, 0.25) is 0 Å². The number of rotatable bonds is 5. The van der Waals surface area contributed by atoms with Gasteiger partial charge in [0.25, 0.3) is 0 Å². The molecule has 13 heavy (non-hydrogen) atoms. The maximum Gasteiger partial charge on any atom is 0.186 e. The highest BCUT2D eigenvalue weighted by molar-refractivity contribution is 5.08. The van der Waals surface area contributed by atoms with Crippen molar-refractivity contribution in [2.24, 2.45) is 0 Å². The largest absolute Gasteiger partial charge is 0.367 e. The molecule has 0 saturated heterocycles. The minimum Gasteiger partial charge on any atom is -0.367 e. The maximum absolute atomic E-state index is 11.2. The molecule has 2 N–H and O–H groups in total. The van der Waals surface area contributed by atoms with E-state index in [4.69, 9.17) is 0 Å². The zero-order valence-electron chi connectivity index (χ0n) is 7.97. The van der Waals surface area contributed by atoms with E-state index in [9.17, 15) is 4.79 Å². The Labute approximate surface area is 78.2 Å². The minimum absolute atomic E-state index is 0.0998. The second-order valence-electron chi connectivity index (χ2n) is 3.06.